The van der Waals surface area contributed by atoms with Gasteiger partial charge in [0.2, 0.25) is 0 Å². The lowest BCUT2D eigenvalue weighted by molar-refractivity contribution is 0.279. The van der Waals surface area contributed by atoms with Crippen molar-refractivity contribution in [3.8, 4) is 0 Å². The summed E-state index contributed by atoms with van der Waals surface area (Å²) in [5.74, 6) is 0. The van der Waals surface area contributed by atoms with Crippen molar-refractivity contribution in [3.63, 3.8) is 0 Å². The quantitative estimate of drug-likeness (QED) is 0.501. The number of unbranched alkanes of at least 4 members (excludes halogenated alkanes) is 2. The first kappa shape index (κ1) is 14.4. The second kappa shape index (κ2) is 6.41. The maximum atomic E-state index is 2.44. The lowest BCUT2D eigenvalue weighted by atomic mass is 9.68. The van der Waals surface area contributed by atoms with Gasteiger partial charge in [-0.25, -0.2) is 0 Å². The van der Waals surface area contributed by atoms with Crippen LogP contribution in [0.25, 0.3) is 0 Å². The fourth-order valence-electron chi connectivity index (χ4n) is 3.47. The Labute approximate surface area is 119 Å². The Kier molecular flexibility index (Phi) is 4.85. The van der Waals surface area contributed by atoms with Crippen molar-refractivity contribution in [2.75, 3.05) is 0 Å². The third-order valence-electron chi connectivity index (χ3n) is 4.58. The van der Waals surface area contributed by atoms with Crippen LogP contribution in [0.1, 0.15) is 58.8 Å². The fourth-order valence-corrected chi connectivity index (χ4v) is 3.47. The molecule has 0 aliphatic heterocycles. The van der Waals surface area contributed by atoms with Crippen molar-refractivity contribution < 1.29 is 0 Å². The van der Waals surface area contributed by atoms with E-state index in [1.54, 1.807) is 0 Å². The minimum absolute atomic E-state index is 0.308. The minimum Gasteiger partial charge on any atom is -0.0745 e. The van der Waals surface area contributed by atoms with Gasteiger partial charge in [-0.15, -0.1) is 0 Å². The molecule has 2 aliphatic rings. The molecule has 0 saturated carbocycles. The molecule has 0 spiro atoms. The van der Waals surface area contributed by atoms with Gasteiger partial charge in [0, 0.05) is 10.8 Å². The number of hydrogen-bond acceptors (Lipinski definition) is 0. The van der Waals surface area contributed by atoms with Crippen LogP contribution >= 0.6 is 0 Å². The normalized spacial score (nSPS) is 21.6. The summed E-state index contributed by atoms with van der Waals surface area (Å²) >= 11 is 0. The molecule has 2 rings (SSSR count). The first-order valence-electron chi connectivity index (χ1n) is 7.98. The zero-order valence-corrected chi connectivity index (χ0v) is 12.6. The second-order valence-corrected chi connectivity index (χ2v) is 6.29. The Bertz CT molecular complexity index is 330. The molecular formula is C19H28. The average Bonchev–Trinajstić information content (AvgIpc) is 3.05. The number of rotatable bonds is 8. The van der Waals surface area contributed by atoms with Crippen molar-refractivity contribution in [1.29, 1.82) is 0 Å². The second-order valence-electron chi connectivity index (χ2n) is 6.29. The zero-order chi connectivity index (χ0) is 13.6. The summed E-state index contributed by atoms with van der Waals surface area (Å²) in [5.41, 5.74) is 0.617. The van der Waals surface area contributed by atoms with E-state index in [0.717, 1.165) is 0 Å². The van der Waals surface area contributed by atoms with Crippen LogP contribution in [0.2, 0.25) is 0 Å². The molecule has 0 atom stereocenters. The fraction of sp³-hybridized carbons (Fsp3) is 0.579. The van der Waals surface area contributed by atoms with Gasteiger partial charge in [0.05, 0.1) is 0 Å². The van der Waals surface area contributed by atoms with Gasteiger partial charge >= 0.3 is 0 Å². The predicted molar refractivity (Wildman–Crippen MR) is 85.1 cm³/mol. The van der Waals surface area contributed by atoms with E-state index in [2.05, 4.69) is 62.5 Å². The first-order valence-corrected chi connectivity index (χ1v) is 7.98. The highest BCUT2D eigenvalue weighted by atomic mass is 14.4. The predicted octanol–water partition coefficient (Wildman–Crippen LogP) is 5.98. The Morgan fingerprint density at radius 2 is 1.00 bits per heavy atom. The Balaban J connectivity index is 2.10. The topological polar surface area (TPSA) is 0 Å². The molecule has 0 fully saturated rings. The van der Waals surface area contributed by atoms with Gasteiger partial charge in [-0.2, -0.15) is 0 Å². The van der Waals surface area contributed by atoms with Gasteiger partial charge < -0.3 is 0 Å². The van der Waals surface area contributed by atoms with Crippen molar-refractivity contribution >= 4 is 0 Å². The van der Waals surface area contributed by atoms with Gasteiger partial charge in [-0.05, 0) is 19.3 Å². The van der Waals surface area contributed by atoms with Crippen LogP contribution in [-0.2, 0) is 0 Å². The molecule has 0 amide bonds. The summed E-state index contributed by atoms with van der Waals surface area (Å²) in [5, 5.41) is 0. The van der Waals surface area contributed by atoms with E-state index < -0.39 is 0 Å². The lowest BCUT2D eigenvalue weighted by Gasteiger charge is -2.36. The summed E-state index contributed by atoms with van der Waals surface area (Å²) in [6.45, 7) is 4.58. The maximum Gasteiger partial charge on any atom is 0.00784 e. The van der Waals surface area contributed by atoms with Gasteiger partial charge in [0.1, 0.15) is 0 Å². The van der Waals surface area contributed by atoms with Crippen LogP contribution in [0, 0.1) is 10.8 Å². The molecule has 0 radical (unpaired) electrons. The molecule has 0 aromatic rings. The van der Waals surface area contributed by atoms with Crippen molar-refractivity contribution in [1.82, 2.24) is 0 Å². The molecule has 0 heterocycles. The van der Waals surface area contributed by atoms with Gasteiger partial charge in [0.15, 0.2) is 0 Å². The molecule has 2 aliphatic carbocycles. The van der Waals surface area contributed by atoms with Crippen molar-refractivity contribution in [2.45, 2.75) is 58.8 Å². The highest BCUT2D eigenvalue weighted by Crippen LogP contribution is 2.48. The van der Waals surface area contributed by atoms with Crippen LogP contribution in [0.5, 0.6) is 0 Å². The number of allylic oxidation sites excluding steroid dienone is 8. The van der Waals surface area contributed by atoms with E-state index in [1.807, 2.05) is 0 Å². The van der Waals surface area contributed by atoms with Crippen LogP contribution in [-0.4, -0.2) is 0 Å². The minimum atomic E-state index is 0.308. The van der Waals surface area contributed by atoms with Gasteiger partial charge in [-0.3, -0.25) is 0 Å². The monoisotopic (exact) mass is 256 g/mol. The van der Waals surface area contributed by atoms with Crippen molar-refractivity contribution in [3.05, 3.63) is 48.6 Å². The zero-order valence-electron chi connectivity index (χ0n) is 12.6. The molecule has 0 unspecified atom stereocenters. The van der Waals surface area contributed by atoms with E-state index in [1.165, 1.54) is 44.9 Å². The molecule has 0 bridgehead atoms. The molecule has 19 heavy (non-hydrogen) atoms. The third kappa shape index (κ3) is 3.49. The maximum absolute atomic E-state index is 2.44. The Hall–Kier alpha value is -1.04. The summed E-state index contributed by atoms with van der Waals surface area (Å²) in [7, 11) is 0. The molecule has 104 valence electrons. The standard InChI is InChI=1S/C19H28/c1-3-5-11-18(13-7-8-14-18)17-19(12-6-4-2)15-9-10-16-19/h7-10,13-16H,3-6,11-12,17H2,1-2H3. The van der Waals surface area contributed by atoms with E-state index >= 15 is 0 Å². The van der Waals surface area contributed by atoms with E-state index in [0.29, 0.717) is 10.8 Å². The summed E-state index contributed by atoms with van der Waals surface area (Å²) in [4.78, 5) is 0. The van der Waals surface area contributed by atoms with E-state index in [-0.39, 0.29) is 0 Å². The number of hydrogen-bond donors (Lipinski definition) is 0. The third-order valence-corrected chi connectivity index (χ3v) is 4.58. The summed E-state index contributed by atoms with van der Waals surface area (Å²) in [6.07, 6.45) is 27.8. The van der Waals surface area contributed by atoms with Gasteiger partial charge in [-0.1, -0.05) is 88.1 Å². The van der Waals surface area contributed by atoms with Crippen LogP contribution in [0.15, 0.2) is 48.6 Å². The Morgan fingerprint density at radius 1 is 0.632 bits per heavy atom. The summed E-state index contributed by atoms with van der Waals surface area (Å²) in [6, 6.07) is 0. The van der Waals surface area contributed by atoms with Gasteiger partial charge in [0.25, 0.3) is 0 Å². The van der Waals surface area contributed by atoms with Crippen molar-refractivity contribution in [2.24, 2.45) is 10.8 Å². The SMILES string of the molecule is CCCCC1(CC2(CCCC)C=CC=C2)C=CC=C1. The summed E-state index contributed by atoms with van der Waals surface area (Å²) < 4.78 is 0. The first-order chi connectivity index (χ1) is 9.24. The molecule has 0 saturated heterocycles. The molecule has 0 heteroatoms. The molecule has 0 nitrogen and oxygen atoms in total. The molecule has 0 aromatic carbocycles. The highest BCUT2D eigenvalue weighted by molar-refractivity contribution is 5.31. The highest BCUT2D eigenvalue weighted by Gasteiger charge is 2.36. The largest absolute Gasteiger partial charge is 0.0745 e. The molecule has 0 N–H and O–H groups in total. The smallest absolute Gasteiger partial charge is 0.00784 e. The average molecular weight is 256 g/mol. The van der Waals surface area contributed by atoms with Crippen LogP contribution in [0.3, 0.4) is 0 Å². The Morgan fingerprint density at radius 3 is 1.32 bits per heavy atom. The van der Waals surface area contributed by atoms with Crippen LogP contribution < -0.4 is 0 Å². The van der Waals surface area contributed by atoms with Crippen LogP contribution in [0.4, 0.5) is 0 Å². The lowest BCUT2D eigenvalue weighted by Crippen LogP contribution is -2.25. The molecular weight excluding hydrogens is 228 g/mol. The van der Waals surface area contributed by atoms with E-state index in [9.17, 15) is 0 Å². The van der Waals surface area contributed by atoms with E-state index in [4.69, 9.17) is 0 Å². The molecule has 0 aromatic heterocycles.